The quantitative estimate of drug-likeness (QED) is 0.649. The van der Waals surface area contributed by atoms with E-state index in [1.165, 1.54) is 24.2 Å². The Morgan fingerprint density at radius 1 is 1.43 bits per heavy atom. The zero-order valence-electron chi connectivity index (χ0n) is 13.2. The minimum Gasteiger partial charge on any atom is -0.364 e. The first-order chi connectivity index (χ1) is 11.3. The number of H-pyrrole nitrogens is 1. The van der Waals surface area contributed by atoms with Gasteiger partial charge in [0.05, 0.1) is 23.4 Å². The van der Waals surface area contributed by atoms with Crippen LogP contribution in [0.3, 0.4) is 0 Å². The summed E-state index contributed by atoms with van der Waals surface area (Å²) in [5.74, 6) is 1.34. The number of thioether (sulfide) groups is 1. The van der Waals surface area contributed by atoms with Crippen LogP contribution in [0.5, 0.6) is 0 Å². The molecule has 0 radical (unpaired) electrons. The second-order valence-corrected chi connectivity index (χ2v) is 7.14. The summed E-state index contributed by atoms with van der Waals surface area (Å²) in [7, 11) is 1.69. The van der Waals surface area contributed by atoms with E-state index in [0.29, 0.717) is 17.8 Å². The summed E-state index contributed by atoms with van der Waals surface area (Å²) in [5.41, 5.74) is 4.24. The average Bonchev–Trinajstić information content (AvgIpc) is 3.13. The Kier molecular flexibility index (Phi) is 3.98. The maximum Gasteiger partial charge on any atom is 0.254 e. The Morgan fingerprint density at radius 2 is 2.30 bits per heavy atom. The lowest BCUT2D eigenvalue weighted by molar-refractivity contribution is 0.129. The van der Waals surface area contributed by atoms with Gasteiger partial charge in [-0.2, -0.15) is 0 Å². The second kappa shape index (κ2) is 6.13. The molecule has 1 saturated carbocycles. The molecular weight excluding hydrogens is 312 g/mol. The van der Waals surface area contributed by atoms with Crippen LogP contribution in [-0.2, 0) is 30.1 Å². The number of rotatable bonds is 6. The summed E-state index contributed by atoms with van der Waals surface area (Å²) in [6, 6.07) is 0. The molecule has 0 unspecified atom stereocenters. The number of methoxy groups -OCH3 is 1. The Labute approximate surface area is 138 Å². The van der Waals surface area contributed by atoms with Crippen LogP contribution in [-0.4, -0.2) is 26.6 Å². The van der Waals surface area contributed by atoms with Crippen molar-refractivity contribution in [3.63, 3.8) is 0 Å². The first kappa shape index (κ1) is 15.0. The van der Waals surface area contributed by atoms with Crippen LogP contribution < -0.4 is 5.56 Å². The van der Waals surface area contributed by atoms with Gasteiger partial charge in [0, 0.05) is 24.3 Å². The first-order valence-corrected chi connectivity index (χ1v) is 9.02. The van der Waals surface area contributed by atoms with Gasteiger partial charge in [0.1, 0.15) is 6.73 Å². The van der Waals surface area contributed by atoms with Crippen molar-refractivity contribution in [1.82, 2.24) is 19.5 Å². The molecule has 0 saturated heterocycles. The minimum absolute atomic E-state index is 0.0304. The standard InChI is InChI=1S/C16H20N4O2S/c1-22-9-20-8-17-14(10-5-6-10)13(20)7-23-16-18-12-4-2-3-11(12)15(21)19-16/h8,10H,2-7,9H2,1H3,(H,18,19,21). The van der Waals surface area contributed by atoms with Crippen molar-refractivity contribution in [1.29, 1.82) is 0 Å². The van der Waals surface area contributed by atoms with Crippen LogP contribution in [0.15, 0.2) is 16.3 Å². The van der Waals surface area contributed by atoms with Gasteiger partial charge in [-0.25, -0.2) is 9.97 Å². The number of aromatic nitrogens is 4. The van der Waals surface area contributed by atoms with E-state index in [1.807, 2.05) is 10.9 Å². The fraction of sp³-hybridized carbons (Fsp3) is 0.562. The Hall–Kier alpha value is -1.60. The zero-order valence-corrected chi connectivity index (χ0v) is 14.0. The molecule has 2 aliphatic rings. The summed E-state index contributed by atoms with van der Waals surface area (Å²) in [6.07, 6.45) is 7.10. The molecule has 1 N–H and O–H groups in total. The van der Waals surface area contributed by atoms with Gasteiger partial charge in [-0.3, -0.25) is 4.79 Å². The summed E-state index contributed by atoms with van der Waals surface area (Å²) in [4.78, 5) is 24.2. The highest BCUT2D eigenvalue weighted by atomic mass is 32.2. The molecule has 0 spiro atoms. The fourth-order valence-corrected chi connectivity index (χ4v) is 4.08. The first-order valence-electron chi connectivity index (χ1n) is 8.04. The van der Waals surface area contributed by atoms with Crippen LogP contribution in [0.2, 0.25) is 0 Å². The molecule has 0 bridgehead atoms. The predicted molar refractivity (Wildman–Crippen MR) is 87.7 cm³/mol. The summed E-state index contributed by atoms with van der Waals surface area (Å²) < 4.78 is 7.30. The van der Waals surface area contributed by atoms with E-state index < -0.39 is 0 Å². The third-order valence-electron chi connectivity index (χ3n) is 4.48. The molecule has 23 heavy (non-hydrogen) atoms. The molecule has 0 aliphatic heterocycles. The average molecular weight is 332 g/mol. The van der Waals surface area contributed by atoms with Gasteiger partial charge in [-0.1, -0.05) is 11.8 Å². The van der Waals surface area contributed by atoms with Gasteiger partial charge in [-0.05, 0) is 32.1 Å². The lowest BCUT2D eigenvalue weighted by Gasteiger charge is -2.09. The number of hydrogen-bond acceptors (Lipinski definition) is 5. The van der Waals surface area contributed by atoms with E-state index in [1.54, 1.807) is 18.9 Å². The Balaban J connectivity index is 1.56. The Morgan fingerprint density at radius 3 is 3.09 bits per heavy atom. The van der Waals surface area contributed by atoms with Crippen molar-refractivity contribution in [3.05, 3.63) is 39.3 Å². The van der Waals surface area contributed by atoms with Gasteiger partial charge in [0.25, 0.3) is 5.56 Å². The largest absolute Gasteiger partial charge is 0.364 e. The number of nitrogens with one attached hydrogen (secondary N) is 1. The monoisotopic (exact) mass is 332 g/mol. The molecule has 2 aromatic heterocycles. The highest BCUT2D eigenvalue weighted by Gasteiger charge is 2.29. The van der Waals surface area contributed by atoms with E-state index in [4.69, 9.17) is 4.74 Å². The molecule has 7 heteroatoms. The lowest BCUT2D eigenvalue weighted by atomic mass is 10.2. The minimum atomic E-state index is 0.0304. The maximum atomic E-state index is 12.1. The molecule has 0 aromatic carbocycles. The molecule has 0 atom stereocenters. The Bertz CT molecular complexity index is 779. The highest BCUT2D eigenvalue weighted by molar-refractivity contribution is 7.98. The van der Waals surface area contributed by atoms with Crippen molar-refractivity contribution < 1.29 is 4.74 Å². The van der Waals surface area contributed by atoms with Crippen LogP contribution in [0, 0.1) is 0 Å². The number of aryl methyl sites for hydroxylation is 1. The number of imidazole rings is 1. The smallest absolute Gasteiger partial charge is 0.254 e. The third kappa shape index (κ3) is 2.95. The lowest BCUT2D eigenvalue weighted by Crippen LogP contribution is -2.15. The molecule has 122 valence electrons. The van der Waals surface area contributed by atoms with Crippen molar-refractivity contribution in [2.75, 3.05) is 7.11 Å². The van der Waals surface area contributed by atoms with Crippen LogP contribution in [0.25, 0.3) is 0 Å². The number of hydrogen-bond donors (Lipinski definition) is 1. The molecule has 2 heterocycles. The number of aromatic amines is 1. The van der Waals surface area contributed by atoms with Crippen molar-refractivity contribution in [2.24, 2.45) is 0 Å². The number of fused-ring (bicyclic) bond motifs is 1. The maximum absolute atomic E-state index is 12.1. The molecule has 4 rings (SSSR count). The summed E-state index contributed by atoms with van der Waals surface area (Å²) in [5, 5.41) is 0.711. The molecule has 2 aliphatic carbocycles. The van der Waals surface area contributed by atoms with E-state index in [9.17, 15) is 4.79 Å². The van der Waals surface area contributed by atoms with E-state index in [-0.39, 0.29) is 5.56 Å². The summed E-state index contributed by atoms with van der Waals surface area (Å²) in [6.45, 7) is 0.504. The predicted octanol–water partition coefficient (Wildman–Crippen LogP) is 2.23. The van der Waals surface area contributed by atoms with E-state index in [2.05, 4.69) is 15.0 Å². The molecule has 0 amide bonds. The molecule has 6 nitrogen and oxygen atoms in total. The normalized spacial score (nSPS) is 16.7. The zero-order chi connectivity index (χ0) is 15.8. The fourth-order valence-electron chi connectivity index (χ4n) is 3.15. The third-order valence-corrected chi connectivity index (χ3v) is 5.36. The van der Waals surface area contributed by atoms with E-state index in [0.717, 1.165) is 36.3 Å². The topological polar surface area (TPSA) is 72.8 Å². The van der Waals surface area contributed by atoms with Crippen molar-refractivity contribution in [3.8, 4) is 0 Å². The van der Waals surface area contributed by atoms with Gasteiger partial charge in [-0.15, -0.1) is 0 Å². The van der Waals surface area contributed by atoms with Gasteiger partial charge >= 0.3 is 0 Å². The molecular formula is C16H20N4O2S. The second-order valence-electron chi connectivity index (χ2n) is 6.18. The van der Waals surface area contributed by atoms with Crippen LogP contribution in [0.4, 0.5) is 0 Å². The van der Waals surface area contributed by atoms with Gasteiger partial charge < -0.3 is 14.3 Å². The highest BCUT2D eigenvalue weighted by Crippen LogP contribution is 2.41. The summed E-state index contributed by atoms with van der Waals surface area (Å²) >= 11 is 1.57. The molecule has 2 aromatic rings. The van der Waals surface area contributed by atoms with Gasteiger partial charge in [0.2, 0.25) is 0 Å². The van der Waals surface area contributed by atoms with Crippen LogP contribution >= 0.6 is 11.8 Å². The van der Waals surface area contributed by atoms with Crippen molar-refractivity contribution in [2.45, 2.75) is 55.7 Å². The van der Waals surface area contributed by atoms with Crippen molar-refractivity contribution >= 4 is 11.8 Å². The number of nitrogens with zero attached hydrogens (tertiary/aromatic N) is 3. The van der Waals surface area contributed by atoms with E-state index >= 15 is 0 Å². The van der Waals surface area contributed by atoms with Crippen LogP contribution in [0.1, 0.15) is 47.8 Å². The SMILES string of the molecule is COCn1cnc(C2CC2)c1CSc1nc2c(c(=O)[nH]1)CCC2. The number of ether oxygens (including phenoxy) is 1. The van der Waals surface area contributed by atoms with Gasteiger partial charge in [0.15, 0.2) is 5.16 Å². The molecule has 1 fully saturated rings.